The van der Waals surface area contributed by atoms with Crippen LogP contribution in [0.4, 0.5) is 5.69 Å². The molecule has 0 radical (unpaired) electrons. The van der Waals surface area contributed by atoms with Gasteiger partial charge in [0.1, 0.15) is 5.15 Å². The molecular formula is C12H18ClN3O. The maximum Gasteiger partial charge on any atom is 0.241 e. The van der Waals surface area contributed by atoms with E-state index in [4.69, 9.17) is 17.3 Å². The zero-order valence-electron chi connectivity index (χ0n) is 10.5. The summed E-state index contributed by atoms with van der Waals surface area (Å²) in [4.78, 5) is 15.8. The Morgan fingerprint density at radius 3 is 2.59 bits per heavy atom. The van der Waals surface area contributed by atoms with Gasteiger partial charge in [0.25, 0.3) is 0 Å². The summed E-state index contributed by atoms with van der Waals surface area (Å²) in [6.45, 7) is 7.59. The highest BCUT2D eigenvalue weighted by atomic mass is 35.5. The normalized spacial score (nSPS) is 13.3. The second-order valence-electron chi connectivity index (χ2n) is 5.16. The van der Waals surface area contributed by atoms with Gasteiger partial charge < -0.3 is 11.1 Å². The van der Waals surface area contributed by atoms with Crippen molar-refractivity contribution < 1.29 is 4.79 Å². The van der Waals surface area contributed by atoms with Crippen molar-refractivity contribution in [3.05, 3.63) is 23.0 Å². The molecule has 0 bridgehead atoms. The SMILES string of the molecule is Cc1cc(NC(=O)[C@@H](N)C(C)(C)C)cnc1Cl. The number of nitrogens with zero attached hydrogens (tertiary/aromatic N) is 1. The minimum absolute atomic E-state index is 0.221. The number of anilines is 1. The van der Waals surface area contributed by atoms with Crippen LogP contribution in [-0.4, -0.2) is 16.9 Å². The van der Waals surface area contributed by atoms with E-state index in [9.17, 15) is 4.79 Å². The highest BCUT2D eigenvalue weighted by Gasteiger charge is 2.27. The van der Waals surface area contributed by atoms with Crippen LogP contribution in [0.25, 0.3) is 0 Å². The largest absolute Gasteiger partial charge is 0.323 e. The van der Waals surface area contributed by atoms with Gasteiger partial charge in [0.2, 0.25) is 5.91 Å². The first-order valence-electron chi connectivity index (χ1n) is 5.40. The summed E-state index contributed by atoms with van der Waals surface area (Å²) >= 11 is 5.80. The quantitative estimate of drug-likeness (QED) is 0.797. The fourth-order valence-electron chi connectivity index (χ4n) is 1.24. The molecule has 0 saturated carbocycles. The Morgan fingerprint density at radius 1 is 1.53 bits per heavy atom. The molecule has 0 unspecified atom stereocenters. The number of nitrogens with two attached hydrogens (primary N) is 1. The molecule has 1 atom stereocenters. The molecule has 5 heteroatoms. The van der Waals surface area contributed by atoms with Crippen LogP contribution < -0.4 is 11.1 Å². The lowest BCUT2D eigenvalue weighted by molar-refractivity contribution is -0.119. The summed E-state index contributed by atoms with van der Waals surface area (Å²) in [5.74, 6) is -0.221. The molecule has 3 N–H and O–H groups in total. The van der Waals surface area contributed by atoms with Crippen LogP contribution in [0.5, 0.6) is 0 Å². The van der Waals surface area contributed by atoms with Crippen molar-refractivity contribution in [2.24, 2.45) is 11.1 Å². The van der Waals surface area contributed by atoms with Gasteiger partial charge in [-0.1, -0.05) is 32.4 Å². The third-order valence-corrected chi connectivity index (χ3v) is 2.89. The van der Waals surface area contributed by atoms with Gasteiger partial charge in [-0.25, -0.2) is 4.98 Å². The number of amides is 1. The summed E-state index contributed by atoms with van der Waals surface area (Å²) < 4.78 is 0. The van der Waals surface area contributed by atoms with Crippen LogP contribution in [0.2, 0.25) is 5.15 Å². The second kappa shape index (κ2) is 5.02. The van der Waals surface area contributed by atoms with Crippen LogP contribution >= 0.6 is 11.6 Å². The van der Waals surface area contributed by atoms with Gasteiger partial charge >= 0.3 is 0 Å². The van der Waals surface area contributed by atoms with Crippen molar-refractivity contribution in [3.63, 3.8) is 0 Å². The number of carbonyl (C=O) groups excluding carboxylic acids is 1. The molecule has 0 fully saturated rings. The fraction of sp³-hybridized carbons (Fsp3) is 0.500. The molecule has 0 spiro atoms. The monoisotopic (exact) mass is 255 g/mol. The minimum atomic E-state index is -0.571. The summed E-state index contributed by atoms with van der Waals surface area (Å²) in [5, 5.41) is 3.16. The Bertz CT molecular complexity index is 426. The molecule has 1 heterocycles. The molecule has 0 aliphatic carbocycles. The standard InChI is InChI=1S/C12H18ClN3O/c1-7-5-8(6-15-10(7)13)16-11(17)9(14)12(2,3)4/h5-6,9H,14H2,1-4H3,(H,16,17)/t9-/m1/s1. The van der Waals surface area contributed by atoms with Crippen LogP contribution in [0.3, 0.4) is 0 Å². The molecule has 0 aliphatic rings. The first-order chi connectivity index (χ1) is 7.71. The molecule has 0 aromatic carbocycles. The third-order valence-electron chi connectivity index (χ3n) is 2.50. The van der Waals surface area contributed by atoms with Gasteiger partial charge in [0.05, 0.1) is 17.9 Å². The van der Waals surface area contributed by atoms with Crippen LogP contribution in [0, 0.1) is 12.3 Å². The average molecular weight is 256 g/mol. The fourth-order valence-corrected chi connectivity index (χ4v) is 1.34. The van der Waals surface area contributed by atoms with Crippen molar-refractivity contribution in [1.29, 1.82) is 0 Å². The Kier molecular flexibility index (Phi) is 4.11. The number of carbonyl (C=O) groups is 1. The topological polar surface area (TPSA) is 68.0 Å². The lowest BCUT2D eigenvalue weighted by Crippen LogP contribution is -2.45. The smallest absolute Gasteiger partial charge is 0.241 e. The summed E-state index contributed by atoms with van der Waals surface area (Å²) in [6, 6.07) is 1.20. The van der Waals surface area contributed by atoms with Crippen molar-refractivity contribution in [2.45, 2.75) is 33.7 Å². The zero-order valence-corrected chi connectivity index (χ0v) is 11.3. The van der Waals surface area contributed by atoms with E-state index in [1.807, 2.05) is 27.7 Å². The zero-order chi connectivity index (χ0) is 13.2. The van der Waals surface area contributed by atoms with E-state index in [2.05, 4.69) is 10.3 Å². The maximum absolute atomic E-state index is 11.9. The lowest BCUT2D eigenvalue weighted by atomic mass is 9.87. The number of pyridine rings is 1. The molecule has 1 aromatic rings. The van der Waals surface area contributed by atoms with Gasteiger partial charge in [-0.2, -0.15) is 0 Å². The van der Waals surface area contributed by atoms with E-state index < -0.39 is 6.04 Å². The first kappa shape index (κ1) is 13.9. The molecule has 17 heavy (non-hydrogen) atoms. The van der Waals surface area contributed by atoms with Crippen molar-refractivity contribution >= 4 is 23.2 Å². The summed E-state index contributed by atoms with van der Waals surface area (Å²) in [7, 11) is 0. The van der Waals surface area contributed by atoms with Crippen molar-refractivity contribution in [2.75, 3.05) is 5.32 Å². The Labute approximate surface area is 107 Å². The lowest BCUT2D eigenvalue weighted by Gasteiger charge is -2.25. The number of rotatable bonds is 2. The third kappa shape index (κ3) is 3.68. The molecule has 4 nitrogen and oxygen atoms in total. The van der Waals surface area contributed by atoms with Crippen molar-refractivity contribution in [3.8, 4) is 0 Å². The minimum Gasteiger partial charge on any atom is -0.323 e. The Hall–Kier alpha value is -1.13. The Morgan fingerprint density at radius 2 is 2.12 bits per heavy atom. The van der Waals surface area contributed by atoms with E-state index in [1.165, 1.54) is 6.20 Å². The number of hydrogen-bond donors (Lipinski definition) is 2. The molecule has 1 aromatic heterocycles. The number of aryl methyl sites for hydroxylation is 1. The van der Waals surface area contributed by atoms with Gasteiger partial charge in [0.15, 0.2) is 0 Å². The first-order valence-corrected chi connectivity index (χ1v) is 5.78. The predicted molar refractivity (Wildman–Crippen MR) is 70.0 cm³/mol. The predicted octanol–water partition coefficient (Wildman–Crippen LogP) is 2.36. The van der Waals surface area contributed by atoms with Crippen LogP contribution in [-0.2, 0) is 4.79 Å². The number of halogens is 1. The number of aromatic nitrogens is 1. The number of nitrogens with one attached hydrogen (secondary N) is 1. The summed E-state index contributed by atoms with van der Waals surface area (Å²) in [5.41, 5.74) is 6.99. The molecule has 1 rings (SSSR count). The molecule has 0 aliphatic heterocycles. The Balaban J connectivity index is 2.78. The van der Waals surface area contributed by atoms with E-state index in [-0.39, 0.29) is 11.3 Å². The molecule has 94 valence electrons. The molecule has 0 saturated heterocycles. The van der Waals surface area contributed by atoms with Crippen LogP contribution in [0.15, 0.2) is 12.3 Å². The molecular weight excluding hydrogens is 238 g/mol. The van der Waals surface area contributed by atoms with Gasteiger partial charge in [-0.3, -0.25) is 4.79 Å². The highest BCUT2D eigenvalue weighted by Crippen LogP contribution is 2.20. The van der Waals surface area contributed by atoms with Gasteiger partial charge in [0, 0.05) is 0 Å². The maximum atomic E-state index is 11.9. The van der Waals surface area contributed by atoms with Crippen molar-refractivity contribution in [1.82, 2.24) is 4.98 Å². The van der Waals surface area contributed by atoms with Crippen LogP contribution in [0.1, 0.15) is 26.3 Å². The van der Waals surface area contributed by atoms with E-state index in [0.717, 1.165) is 5.56 Å². The summed E-state index contributed by atoms with van der Waals surface area (Å²) in [6.07, 6.45) is 1.52. The van der Waals surface area contributed by atoms with E-state index in [0.29, 0.717) is 10.8 Å². The molecule has 1 amide bonds. The van der Waals surface area contributed by atoms with E-state index >= 15 is 0 Å². The number of hydrogen-bond acceptors (Lipinski definition) is 3. The van der Waals surface area contributed by atoms with Gasteiger partial charge in [-0.15, -0.1) is 0 Å². The van der Waals surface area contributed by atoms with Gasteiger partial charge in [-0.05, 0) is 24.0 Å². The average Bonchev–Trinajstić information content (AvgIpc) is 2.21. The van der Waals surface area contributed by atoms with E-state index in [1.54, 1.807) is 6.07 Å². The highest BCUT2D eigenvalue weighted by molar-refractivity contribution is 6.30. The second-order valence-corrected chi connectivity index (χ2v) is 5.52.